The van der Waals surface area contributed by atoms with E-state index in [2.05, 4.69) is 4.72 Å². The molecule has 0 saturated carbocycles. The molecule has 1 heterocycles. The Balaban J connectivity index is 2.25. The van der Waals surface area contributed by atoms with Gasteiger partial charge in [0.25, 0.3) is 10.0 Å². The van der Waals surface area contributed by atoms with Crippen LogP contribution in [0.3, 0.4) is 0 Å². The molecule has 0 amide bonds. The molecule has 1 aromatic carbocycles. The van der Waals surface area contributed by atoms with E-state index in [0.29, 0.717) is 12.4 Å². The van der Waals surface area contributed by atoms with Crippen LogP contribution >= 0.6 is 11.3 Å². The highest BCUT2D eigenvalue weighted by molar-refractivity contribution is 7.92. The summed E-state index contributed by atoms with van der Waals surface area (Å²) in [6.45, 7) is 2.32. The molecule has 0 spiro atoms. The summed E-state index contributed by atoms with van der Waals surface area (Å²) in [6, 6.07) is 7.31. The Labute approximate surface area is 126 Å². The van der Waals surface area contributed by atoms with E-state index < -0.39 is 16.0 Å². The van der Waals surface area contributed by atoms with Crippen molar-refractivity contribution in [1.82, 2.24) is 0 Å². The Hall–Kier alpha value is -2.06. The Morgan fingerprint density at radius 2 is 1.95 bits per heavy atom. The lowest BCUT2D eigenvalue weighted by molar-refractivity contribution is 0.0703. The number of sulfonamides is 1. The van der Waals surface area contributed by atoms with Crippen LogP contribution in [0.4, 0.5) is 5.69 Å². The number of nitrogens with one attached hydrogen (secondary N) is 1. The van der Waals surface area contributed by atoms with E-state index >= 15 is 0 Å². The van der Waals surface area contributed by atoms with E-state index in [1.165, 1.54) is 23.6 Å². The third-order valence-corrected chi connectivity index (χ3v) is 4.83. The number of carboxylic acids is 1. The second-order valence-electron chi connectivity index (χ2n) is 3.98. The quantitative estimate of drug-likeness (QED) is 0.851. The zero-order chi connectivity index (χ0) is 15.5. The van der Waals surface area contributed by atoms with Gasteiger partial charge in [-0.1, -0.05) is 0 Å². The Kier molecular flexibility index (Phi) is 4.49. The molecule has 1 aromatic heterocycles. The normalized spacial score (nSPS) is 11.1. The van der Waals surface area contributed by atoms with Crippen LogP contribution < -0.4 is 9.46 Å². The molecule has 0 aliphatic rings. The molecule has 6 nitrogen and oxygen atoms in total. The van der Waals surface area contributed by atoms with Crippen molar-refractivity contribution in [2.24, 2.45) is 0 Å². The summed E-state index contributed by atoms with van der Waals surface area (Å²) < 4.78 is 31.9. The Morgan fingerprint density at radius 1 is 1.29 bits per heavy atom. The minimum atomic E-state index is -3.83. The summed E-state index contributed by atoms with van der Waals surface area (Å²) >= 11 is 0.956. The Bertz CT molecular complexity index is 734. The molecular weight excluding hydrogens is 314 g/mol. The van der Waals surface area contributed by atoms with Crippen LogP contribution in [0.1, 0.15) is 16.6 Å². The molecular formula is C13H13NO5S2. The highest BCUT2D eigenvalue weighted by Gasteiger charge is 2.19. The van der Waals surface area contributed by atoms with Crippen LogP contribution in [0.15, 0.2) is 40.6 Å². The summed E-state index contributed by atoms with van der Waals surface area (Å²) in [5, 5.41) is 10.5. The molecule has 8 heteroatoms. The lowest BCUT2D eigenvalue weighted by atomic mass is 10.3. The predicted octanol–water partition coefficient (Wildman–Crippen LogP) is 2.65. The van der Waals surface area contributed by atoms with Gasteiger partial charge >= 0.3 is 5.97 Å². The molecule has 0 bridgehead atoms. The largest absolute Gasteiger partial charge is 0.494 e. The highest BCUT2D eigenvalue weighted by atomic mass is 32.2. The van der Waals surface area contributed by atoms with Crippen molar-refractivity contribution < 1.29 is 23.1 Å². The van der Waals surface area contributed by atoms with Crippen LogP contribution in [0.5, 0.6) is 5.75 Å². The van der Waals surface area contributed by atoms with Crippen LogP contribution in [-0.4, -0.2) is 26.1 Å². The summed E-state index contributed by atoms with van der Waals surface area (Å²) in [5.74, 6) is -0.604. The zero-order valence-corrected chi connectivity index (χ0v) is 12.7. The van der Waals surface area contributed by atoms with Gasteiger partial charge in [-0.25, -0.2) is 13.2 Å². The first-order chi connectivity index (χ1) is 9.94. The SMILES string of the molecule is CCOc1ccc(S(=O)(=O)Nc2ccsc2C(=O)O)cc1. The highest BCUT2D eigenvalue weighted by Crippen LogP contribution is 2.25. The van der Waals surface area contributed by atoms with Crippen LogP contribution in [-0.2, 0) is 10.0 Å². The molecule has 0 aliphatic heterocycles. The number of hydrogen-bond acceptors (Lipinski definition) is 5. The lowest BCUT2D eigenvalue weighted by Crippen LogP contribution is -2.14. The molecule has 0 unspecified atom stereocenters. The van der Waals surface area contributed by atoms with Crippen molar-refractivity contribution in [2.75, 3.05) is 11.3 Å². The number of hydrogen-bond donors (Lipinski definition) is 2. The molecule has 0 atom stereocenters. The van der Waals surface area contributed by atoms with Gasteiger partial charge in [-0.15, -0.1) is 11.3 Å². The minimum absolute atomic E-state index is 0.0356. The predicted molar refractivity (Wildman–Crippen MR) is 79.7 cm³/mol. The van der Waals surface area contributed by atoms with Crippen molar-refractivity contribution in [1.29, 1.82) is 0 Å². The van der Waals surface area contributed by atoms with Crippen molar-refractivity contribution in [3.05, 3.63) is 40.6 Å². The summed E-state index contributed by atoms with van der Waals surface area (Å²) in [4.78, 5) is 11.0. The third kappa shape index (κ3) is 3.53. The number of benzene rings is 1. The van der Waals surface area contributed by atoms with E-state index in [0.717, 1.165) is 11.3 Å². The number of ether oxygens (including phenoxy) is 1. The maximum absolute atomic E-state index is 12.2. The monoisotopic (exact) mass is 327 g/mol. The van der Waals surface area contributed by atoms with E-state index in [1.807, 2.05) is 6.92 Å². The number of thiophene rings is 1. The topological polar surface area (TPSA) is 92.7 Å². The molecule has 0 saturated heterocycles. The minimum Gasteiger partial charge on any atom is -0.494 e. The van der Waals surface area contributed by atoms with Crippen molar-refractivity contribution in [3.63, 3.8) is 0 Å². The molecule has 112 valence electrons. The van der Waals surface area contributed by atoms with Gasteiger partial charge in [-0.3, -0.25) is 4.72 Å². The smallest absolute Gasteiger partial charge is 0.348 e. The fourth-order valence-corrected chi connectivity index (χ4v) is 3.46. The fraction of sp³-hybridized carbons (Fsp3) is 0.154. The van der Waals surface area contributed by atoms with Crippen LogP contribution in [0.25, 0.3) is 0 Å². The maximum atomic E-state index is 12.2. The van der Waals surface area contributed by atoms with Crippen molar-refractivity contribution in [3.8, 4) is 5.75 Å². The van der Waals surface area contributed by atoms with Crippen molar-refractivity contribution in [2.45, 2.75) is 11.8 Å². The third-order valence-electron chi connectivity index (χ3n) is 2.55. The fourth-order valence-electron chi connectivity index (χ4n) is 1.64. The molecule has 0 fully saturated rings. The molecule has 0 aliphatic carbocycles. The molecule has 2 N–H and O–H groups in total. The number of aromatic carboxylic acids is 1. The summed E-state index contributed by atoms with van der Waals surface area (Å²) in [6.07, 6.45) is 0. The van der Waals surface area contributed by atoms with Gasteiger partial charge in [-0.05, 0) is 42.6 Å². The first-order valence-electron chi connectivity index (χ1n) is 6.00. The van der Waals surface area contributed by atoms with Crippen LogP contribution in [0.2, 0.25) is 0 Å². The van der Waals surface area contributed by atoms with E-state index in [4.69, 9.17) is 9.84 Å². The number of anilines is 1. The molecule has 0 radical (unpaired) electrons. The first kappa shape index (κ1) is 15.3. The first-order valence-corrected chi connectivity index (χ1v) is 8.37. The average Bonchev–Trinajstić information content (AvgIpc) is 2.87. The summed E-state index contributed by atoms with van der Waals surface area (Å²) in [7, 11) is -3.83. The van der Waals surface area contributed by atoms with Gasteiger partial charge < -0.3 is 9.84 Å². The molecule has 2 rings (SSSR count). The van der Waals surface area contributed by atoms with Gasteiger partial charge in [0, 0.05) is 0 Å². The number of carbonyl (C=O) groups is 1. The van der Waals surface area contributed by atoms with Crippen molar-refractivity contribution >= 4 is 33.0 Å². The van der Waals surface area contributed by atoms with Gasteiger partial charge in [0.05, 0.1) is 17.2 Å². The second-order valence-corrected chi connectivity index (χ2v) is 6.58. The summed E-state index contributed by atoms with van der Waals surface area (Å²) in [5.41, 5.74) is 0.0568. The van der Waals surface area contributed by atoms with Gasteiger partial charge in [0.2, 0.25) is 0 Å². The van der Waals surface area contributed by atoms with Gasteiger partial charge in [0.1, 0.15) is 10.6 Å². The zero-order valence-electron chi connectivity index (χ0n) is 11.1. The number of carboxylic acid groups (broad SMARTS) is 1. The van der Waals surface area contributed by atoms with E-state index in [1.54, 1.807) is 12.1 Å². The number of rotatable bonds is 6. The average molecular weight is 327 g/mol. The maximum Gasteiger partial charge on any atom is 0.348 e. The molecule has 2 aromatic rings. The standard InChI is InChI=1S/C13H13NO5S2/c1-2-19-9-3-5-10(6-4-9)21(17,18)14-11-7-8-20-12(11)13(15)16/h3-8,14H,2H2,1H3,(H,15,16). The van der Waals surface area contributed by atoms with E-state index in [9.17, 15) is 13.2 Å². The van der Waals surface area contributed by atoms with Gasteiger partial charge in [-0.2, -0.15) is 0 Å². The van der Waals surface area contributed by atoms with Gasteiger partial charge in [0.15, 0.2) is 0 Å². The van der Waals surface area contributed by atoms with E-state index in [-0.39, 0.29) is 15.5 Å². The van der Waals surface area contributed by atoms with Crippen LogP contribution in [0, 0.1) is 0 Å². The lowest BCUT2D eigenvalue weighted by Gasteiger charge is -2.08. The molecule has 21 heavy (non-hydrogen) atoms. The second kappa shape index (κ2) is 6.15. The Morgan fingerprint density at radius 3 is 2.52 bits per heavy atom.